The number of hydrogen-bond acceptors (Lipinski definition) is 1. The van der Waals surface area contributed by atoms with Gasteiger partial charge >= 0.3 is 0 Å². The van der Waals surface area contributed by atoms with Gasteiger partial charge in [0.15, 0.2) is 0 Å². The number of anilines is 3. The number of nitrogens with zero attached hydrogens (tertiary/aromatic N) is 2. The largest absolute Gasteiger partial charge is 0.310 e. The number of fused-ring (bicyclic) bond motifs is 4. The van der Waals surface area contributed by atoms with E-state index in [9.17, 15) is 0 Å². The maximum atomic E-state index is 2.55. The molecule has 0 aliphatic heterocycles. The van der Waals surface area contributed by atoms with Crippen LogP contribution < -0.4 is 4.90 Å². The number of aromatic nitrogens is 1. The van der Waals surface area contributed by atoms with E-state index in [1.165, 1.54) is 110 Å². The molecule has 56 heavy (non-hydrogen) atoms. The highest BCUT2D eigenvalue weighted by molar-refractivity contribution is 6.11. The van der Waals surface area contributed by atoms with E-state index in [1.54, 1.807) is 0 Å². The van der Waals surface area contributed by atoms with Gasteiger partial charge in [-0.2, -0.15) is 0 Å². The Morgan fingerprint density at radius 3 is 1.86 bits per heavy atom. The van der Waals surface area contributed by atoms with Crippen molar-refractivity contribution in [1.29, 1.82) is 0 Å². The Kier molecular flexibility index (Phi) is 9.12. The minimum Gasteiger partial charge on any atom is -0.310 e. The topological polar surface area (TPSA) is 8.17 Å². The van der Waals surface area contributed by atoms with Gasteiger partial charge in [0.2, 0.25) is 0 Å². The zero-order valence-corrected chi connectivity index (χ0v) is 33.9. The molecule has 2 nitrogen and oxygen atoms in total. The summed E-state index contributed by atoms with van der Waals surface area (Å²) in [6, 6.07) is 57.1. The first-order valence-corrected chi connectivity index (χ1v) is 20.7. The summed E-state index contributed by atoms with van der Waals surface area (Å²) >= 11 is 0. The van der Waals surface area contributed by atoms with Gasteiger partial charge in [0, 0.05) is 33.4 Å². The summed E-state index contributed by atoms with van der Waals surface area (Å²) in [5, 5.41) is 5.24. The first kappa shape index (κ1) is 36.1. The highest BCUT2D eigenvalue weighted by Gasteiger charge is 2.27. The summed E-state index contributed by atoms with van der Waals surface area (Å²) in [6.45, 7) is 14.0. The molecular formula is C54H54N2. The summed E-state index contributed by atoms with van der Waals surface area (Å²) in [6.07, 6.45) is 6.53. The predicted molar refractivity (Wildman–Crippen MR) is 242 cm³/mol. The van der Waals surface area contributed by atoms with Crippen molar-refractivity contribution in [2.24, 2.45) is 0 Å². The lowest BCUT2D eigenvalue weighted by atomic mass is 9.80. The van der Waals surface area contributed by atoms with Crippen LogP contribution in [-0.4, -0.2) is 4.57 Å². The maximum absolute atomic E-state index is 2.55. The fourth-order valence-electron chi connectivity index (χ4n) is 9.23. The molecule has 0 amide bonds. The van der Waals surface area contributed by atoms with E-state index in [-0.39, 0.29) is 10.8 Å². The number of rotatable bonds is 6. The van der Waals surface area contributed by atoms with Crippen LogP contribution in [0.5, 0.6) is 0 Å². The van der Waals surface area contributed by atoms with Crippen LogP contribution in [0, 0.1) is 0 Å². The molecule has 0 atom stereocenters. The van der Waals surface area contributed by atoms with Crippen molar-refractivity contribution in [3.05, 3.63) is 168 Å². The summed E-state index contributed by atoms with van der Waals surface area (Å²) < 4.78 is 2.41. The third kappa shape index (κ3) is 6.49. The van der Waals surface area contributed by atoms with Crippen LogP contribution in [0.15, 0.2) is 152 Å². The van der Waals surface area contributed by atoms with Crippen molar-refractivity contribution < 1.29 is 0 Å². The van der Waals surface area contributed by atoms with Crippen LogP contribution in [0.25, 0.3) is 49.4 Å². The van der Waals surface area contributed by atoms with Gasteiger partial charge in [0.25, 0.3) is 0 Å². The summed E-state index contributed by atoms with van der Waals surface area (Å²) in [5.41, 5.74) is 13.8. The minimum absolute atomic E-state index is 0.0290. The SMILES string of the molecule is CC(C)(C)c1cc(N(c2ccc3c(c2)c2ccccc2n3-c2ccccc2)c2ccccc2-c2cccc3cccc(C4CCCCC4)c23)cc(C(C)(C)C)c1. The predicted octanol–water partition coefficient (Wildman–Crippen LogP) is 15.7. The van der Waals surface area contributed by atoms with Gasteiger partial charge in [0.1, 0.15) is 0 Å². The first-order chi connectivity index (χ1) is 27.1. The van der Waals surface area contributed by atoms with Gasteiger partial charge < -0.3 is 9.47 Å². The van der Waals surface area contributed by atoms with Gasteiger partial charge in [-0.05, 0) is 117 Å². The van der Waals surface area contributed by atoms with E-state index in [1.807, 2.05) is 0 Å². The zero-order chi connectivity index (χ0) is 38.6. The molecule has 0 saturated heterocycles. The Morgan fingerprint density at radius 1 is 0.500 bits per heavy atom. The van der Waals surface area contributed by atoms with Crippen molar-refractivity contribution in [3.63, 3.8) is 0 Å². The lowest BCUT2D eigenvalue weighted by Gasteiger charge is -2.32. The molecule has 0 radical (unpaired) electrons. The van der Waals surface area contributed by atoms with Crippen molar-refractivity contribution in [1.82, 2.24) is 4.57 Å². The van der Waals surface area contributed by atoms with Crippen LogP contribution in [0.2, 0.25) is 0 Å². The lowest BCUT2D eigenvalue weighted by Crippen LogP contribution is -2.19. The molecule has 8 aromatic rings. The number of benzene rings is 7. The minimum atomic E-state index is -0.0290. The molecule has 1 heterocycles. The molecular weight excluding hydrogens is 677 g/mol. The van der Waals surface area contributed by atoms with Gasteiger partial charge in [-0.1, -0.05) is 158 Å². The van der Waals surface area contributed by atoms with Crippen LogP contribution in [0.4, 0.5) is 17.1 Å². The molecule has 1 fully saturated rings. The molecule has 280 valence electrons. The first-order valence-electron chi connectivity index (χ1n) is 20.7. The highest BCUT2D eigenvalue weighted by Crippen LogP contribution is 2.48. The van der Waals surface area contributed by atoms with E-state index < -0.39 is 0 Å². The smallest absolute Gasteiger partial charge is 0.0542 e. The summed E-state index contributed by atoms with van der Waals surface area (Å²) in [5.74, 6) is 0.596. The molecule has 1 aliphatic carbocycles. The Bertz CT molecular complexity index is 2660. The second-order valence-corrected chi connectivity index (χ2v) is 18.1. The van der Waals surface area contributed by atoms with Gasteiger partial charge in [-0.25, -0.2) is 0 Å². The molecule has 0 spiro atoms. The summed E-state index contributed by atoms with van der Waals surface area (Å²) in [7, 11) is 0. The quantitative estimate of drug-likeness (QED) is 0.165. The molecule has 0 bridgehead atoms. The van der Waals surface area contributed by atoms with Crippen LogP contribution >= 0.6 is 0 Å². The normalized spacial score (nSPS) is 14.2. The molecule has 2 heteroatoms. The van der Waals surface area contributed by atoms with E-state index >= 15 is 0 Å². The maximum Gasteiger partial charge on any atom is 0.0542 e. The van der Waals surface area contributed by atoms with Crippen molar-refractivity contribution >= 4 is 49.6 Å². The standard InChI is InChI=1S/C54H54N2/c1-53(2,3)39-33-40(54(4,5)6)35-43(34-39)55(42-31-32-51-48(36-42)46-26-14-16-30-50(46)56(51)41-23-11-8-12-24-41)49-29-15-13-25-45(49)47-28-18-22-38-21-17-27-44(52(38)47)37-19-9-7-10-20-37/h8,11-18,21-37H,7,9-10,19-20H2,1-6H3. The third-order valence-electron chi connectivity index (χ3n) is 12.3. The molecule has 1 aliphatic rings. The van der Waals surface area contributed by atoms with Crippen LogP contribution in [0.3, 0.4) is 0 Å². The average Bonchev–Trinajstić information content (AvgIpc) is 3.54. The molecule has 0 N–H and O–H groups in total. The Hall–Kier alpha value is -5.60. The van der Waals surface area contributed by atoms with Crippen LogP contribution in [-0.2, 0) is 10.8 Å². The highest BCUT2D eigenvalue weighted by atomic mass is 15.1. The zero-order valence-electron chi connectivity index (χ0n) is 33.9. The van der Waals surface area contributed by atoms with Crippen molar-refractivity contribution in [2.75, 3.05) is 4.90 Å². The number of hydrogen-bond donors (Lipinski definition) is 0. The fourth-order valence-corrected chi connectivity index (χ4v) is 9.23. The van der Waals surface area contributed by atoms with Gasteiger partial charge in [0.05, 0.1) is 16.7 Å². The summed E-state index contributed by atoms with van der Waals surface area (Å²) in [4.78, 5) is 2.55. The van der Waals surface area contributed by atoms with Crippen molar-refractivity contribution in [3.8, 4) is 16.8 Å². The number of para-hydroxylation sites is 3. The van der Waals surface area contributed by atoms with Crippen LogP contribution in [0.1, 0.15) is 96.3 Å². The Morgan fingerprint density at radius 2 is 1.12 bits per heavy atom. The molecule has 7 aromatic carbocycles. The van der Waals surface area contributed by atoms with E-state index in [0.717, 1.165) is 5.69 Å². The lowest BCUT2D eigenvalue weighted by molar-refractivity contribution is 0.445. The average molecular weight is 731 g/mol. The fraction of sp³-hybridized carbons (Fsp3) is 0.259. The van der Waals surface area contributed by atoms with E-state index in [2.05, 4.69) is 203 Å². The van der Waals surface area contributed by atoms with E-state index in [0.29, 0.717) is 5.92 Å². The monoisotopic (exact) mass is 730 g/mol. The second kappa shape index (κ2) is 14.2. The van der Waals surface area contributed by atoms with Crippen molar-refractivity contribution in [2.45, 2.75) is 90.4 Å². The molecule has 9 rings (SSSR count). The molecule has 1 saturated carbocycles. The molecule has 0 unspecified atom stereocenters. The second-order valence-electron chi connectivity index (χ2n) is 18.1. The third-order valence-corrected chi connectivity index (χ3v) is 12.3. The van der Waals surface area contributed by atoms with Gasteiger partial charge in [-0.3, -0.25) is 0 Å². The van der Waals surface area contributed by atoms with E-state index in [4.69, 9.17) is 0 Å². The molecule has 1 aromatic heterocycles. The van der Waals surface area contributed by atoms with Gasteiger partial charge in [-0.15, -0.1) is 0 Å². The Labute approximate surface area is 333 Å². The Balaban J connectivity index is 1.34.